The van der Waals surface area contributed by atoms with E-state index in [1.54, 1.807) is 0 Å². The van der Waals surface area contributed by atoms with Crippen molar-refractivity contribution >= 4 is 45.0 Å². The van der Waals surface area contributed by atoms with Crippen LogP contribution in [-0.2, 0) is 4.79 Å². The van der Waals surface area contributed by atoms with Crippen molar-refractivity contribution in [2.45, 2.75) is 12.8 Å². The molecular formula is C14H11IN2O. The fourth-order valence-electron chi connectivity index (χ4n) is 2.06. The first-order valence-electron chi connectivity index (χ1n) is 5.78. The molecule has 0 bridgehead atoms. The molecule has 0 fully saturated rings. The Morgan fingerprint density at radius 2 is 2.06 bits per heavy atom. The Bertz CT molecular complexity index is 664. The Morgan fingerprint density at radius 3 is 2.83 bits per heavy atom. The Morgan fingerprint density at radius 1 is 1.22 bits per heavy atom. The summed E-state index contributed by atoms with van der Waals surface area (Å²) in [5, 5.41) is 4.40. The molecule has 4 heteroatoms. The van der Waals surface area contributed by atoms with Crippen LogP contribution in [0.3, 0.4) is 0 Å². The van der Waals surface area contributed by atoms with Crippen LogP contribution in [0.2, 0.25) is 0 Å². The van der Waals surface area contributed by atoms with E-state index in [9.17, 15) is 4.79 Å². The van der Waals surface area contributed by atoms with Crippen LogP contribution in [0, 0.1) is 0 Å². The van der Waals surface area contributed by atoms with Crippen LogP contribution >= 0.6 is 22.6 Å². The van der Waals surface area contributed by atoms with Crippen LogP contribution in [0.5, 0.6) is 0 Å². The summed E-state index contributed by atoms with van der Waals surface area (Å²) in [7, 11) is 0. The highest BCUT2D eigenvalue weighted by molar-refractivity contribution is 14.1. The minimum absolute atomic E-state index is 0.229. The van der Waals surface area contributed by atoms with Crippen molar-refractivity contribution in [1.29, 1.82) is 0 Å². The van der Waals surface area contributed by atoms with E-state index in [0.29, 0.717) is 6.42 Å². The number of rotatable bonds is 2. The van der Waals surface area contributed by atoms with Gasteiger partial charge in [0.2, 0.25) is 0 Å². The summed E-state index contributed by atoms with van der Waals surface area (Å²) >= 11 is 2.11. The van der Waals surface area contributed by atoms with Crippen LogP contribution < -0.4 is 5.32 Å². The van der Waals surface area contributed by atoms with Gasteiger partial charge in [-0.2, -0.15) is 0 Å². The molecule has 1 aliphatic carbocycles. The number of nitrogens with one attached hydrogen (secondary N) is 1. The largest absolute Gasteiger partial charge is 0.357 e. The third-order valence-electron chi connectivity index (χ3n) is 3.00. The molecule has 0 atom stereocenters. The summed E-state index contributed by atoms with van der Waals surface area (Å²) in [5.41, 5.74) is 2.93. The summed E-state index contributed by atoms with van der Waals surface area (Å²) in [6.45, 7) is 0. The zero-order valence-corrected chi connectivity index (χ0v) is 11.8. The summed E-state index contributed by atoms with van der Waals surface area (Å²) in [6.07, 6.45) is 3.22. The summed E-state index contributed by atoms with van der Waals surface area (Å²) in [4.78, 5) is 15.9. The topological polar surface area (TPSA) is 42.0 Å². The lowest BCUT2D eigenvalue weighted by Crippen LogP contribution is -1.98. The Labute approximate surface area is 118 Å². The molecule has 3 nitrogen and oxygen atoms in total. The van der Waals surface area contributed by atoms with E-state index in [0.717, 1.165) is 32.3 Å². The zero-order valence-electron chi connectivity index (χ0n) is 9.61. The molecule has 1 N–H and O–H groups in total. The van der Waals surface area contributed by atoms with E-state index in [-0.39, 0.29) is 5.78 Å². The van der Waals surface area contributed by atoms with E-state index in [1.165, 1.54) is 0 Å². The van der Waals surface area contributed by atoms with Crippen molar-refractivity contribution in [3.05, 3.63) is 45.8 Å². The molecule has 0 unspecified atom stereocenters. The molecule has 1 aromatic carbocycles. The van der Waals surface area contributed by atoms with Gasteiger partial charge >= 0.3 is 0 Å². The van der Waals surface area contributed by atoms with Gasteiger partial charge in [0.15, 0.2) is 5.78 Å². The number of carbonyl (C=O) groups is 1. The monoisotopic (exact) mass is 350 g/mol. The maximum absolute atomic E-state index is 11.5. The van der Waals surface area contributed by atoms with E-state index in [2.05, 4.69) is 39.0 Å². The number of nitrogens with zero attached hydrogens (tertiary/aromatic N) is 1. The normalized spacial score (nSPS) is 15.5. The highest BCUT2D eigenvalue weighted by atomic mass is 127. The lowest BCUT2D eigenvalue weighted by Gasteiger charge is -2.08. The minimum Gasteiger partial charge on any atom is -0.357 e. The first-order chi connectivity index (χ1) is 8.74. The molecule has 0 amide bonds. The van der Waals surface area contributed by atoms with Crippen LogP contribution in [0.15, 0.2) is 45.8 Å². The van der Waals surface area contributed by atoms with Gasteiger partial charge in [0.1, 0.15) is 0 Å². The second kappa shape index (κ2) is 4.68. The van der Waals surface area contributed by atoms with Crippen LogP contribution in [-0.4, -0.2) is 10.8 Å². The predicted octanol–water partition coefficient (Wildman–Crippen LogP) is 3.66. The second-order valence-corrected chi connectivity index (χ2v) is 5.34. The van der Waals surface area contributed by atoms with Crippen molar-refractivity contribution in [2.24, 2.45) is 0 Å². The number of carbonyl (C=O) groups excluding carboxylic acids is 1. The average molecular weight is 350 g/mol. The highest BCUT2D eigenvalue weighted by Gasteiger charge is 2.20. The van der Waals surface area contributed by atoms with Gasteiger partial charge in [-0.15, -0.1) is 0 Å². The van der Waals surface area contributed by atoms with Gasteiger partial charge in [-0.3, -0.25) is 9.78 Å². The van der Waals surface area contributed by atoms with Gasteiger partial charge in [-0.25, -0.2) is 0 Å². The standard InChI is InChI=1S/C14H11IN2O/c15-14-12(5-6-13(14)18)17-10-7-9-3-1-2-4-11(9)16-8-10/h1-4,7-8,17H,5-6H2. The number of aromatic nitrogens is 1. The maximum atomic E-state index is 11.5. The number of hydrogen-bond acceptors (Lipinski definition) is 3. The molecule has 1 aromatic heterocycles. The molecule has 2 aromatic rings. The van der Waals surface area contributed by atoms with E-state index in [1.807, 2.05) is 30.5 Å². The number of pyridine rings is 1. The van der Waals surface area contributed by atoms with E-state index in [4.69, 9.17) is 0 Å². The van der Waals surface area contributed by atoms with Gasteiger partial charge in [-0.1, -0.05) is 18.2 Å². The second-order valence-electron chi connectivity index (χ2n) is 4.26. The molecule has 0 saturated heterocycles. The first kappa shape index (κ1) is 11.6. The Balaban J connectivity index is 1.94. The lowest BCUT2D eigenvalue weighted by atomic mass is 10.2. The van der Waals surface area contributed by atoms with Crippen molar-refractivity contribution in [1.82, 2.24) is 4.98 Å². The third kappa shape index (κ3) is 2.12. The molecule has 18 heavy (non-hydrogen) atoms. The van der Waals surface area contributed by atoms with E-state index >= 15 is 0 Å². The van der Waals surface area contributed by atoms with Crippen molar-refractivity contribution < 1.29 is 4.79 Å². The minimum atomic E-state index is 0.229. The number of fused-ring (bicyclic) bond motifs is 1. The smallest absolute Gasteiger partial charge is 0.171 e. The number of halogens is 1. The fourth-order valence-corrected chi connectivity index (χ4v) is 2.73. The predicted molar refractivity (Wildman–Crippen MR) is 80.7 cm³/mol. The van der Waals surface area contributed by atoms with Crippen molar-refractivity contribution in [3.63, 3.8) is 0 Å². The number of hydrogen-bond donors (Lipinski definition) is 1. The molecule has 0 saturated carbocycles. The van der Waals surface area contributed by atoms with E-state index < -0.39 is 0 Å². The molecule has 90 valence electrons. The van der Waals surface area contributed by atoms with Gasteiger partial charge in [0.05, 0.1) is 21.0 Å². The number of ketones is 1. The highest BCUT2D eigenvalue weighted by Crippen LogP contribution is 2.29. The van der Waals surface area contributed by atoms with Gasteiger partial charge < -0.3 is 5.32 Å². The number of para-hydroxylation sites is 1. The summed E-state index contributed by atoms with van der Waals surface area (Å²) in [5.74, 6) is 0.229. The molecule has 0 aliphatic heterocycles. The summed E-state index contributed by atoms with van der Waals surface area (Å²) in [6, 6.07) is 10.1. The molecule has 1 heterocycles. The van der Waals surface area contributed by atoms with Crippen LogP contribution in [0.1, 0.15) is 12.8 Å². The number of anilines is 1. The Kier molecular flexibility index (Phi) is 3.03. The summed E-state index contributed by atoms with van der Waals surface area (Å²) < 4.78 is 0.820. The Hall–Kier alpha value is -1.43. The number of Topliss-reactive ketones (excluding diaryl/α,β-unsaturated/α-hetero) is 1. The lowest BCUT2D eigenvalue weighted by molar-refractivity contribution is -0.114. The van der Waals surface area contributed by atoms with Crippen molar-refractivity contribution in [2.75, 3.05) is 5.32 Å². The molecule has 1 aliphatic rings. The molecule has 0 radical (unpaired) electrons. The molecule has 3 rings (SSSR count). The fraction of sp³-hybridized carbons (Fsp3) is 0.143. The first-order valence-corrected chi connectivity index (χ1v) is 6.85. The van der Waals surface area contributed by atoms with Crippen LogP contribution in [0.25, 0.3) is 10.9 Å². The molecule has 0 spiro atoms. The quantitative estimate of drug-likeness (QED) is 0.841. The van der Waals surface area contributed by atoms with Crippen LogP contribution in [0.4, 0.5) is 5.69 Å². The zero-order chi connectivity index (χ0) is 12.5. The average Bonchev–Trinajstić information content (AvgIpc) is 2.71. The van der Waals surface area contributed by atoms with Gasteiger partial charge in [0.25, 0.3) is 0 Å². The number of allylic oxidation sites excluding steroid dienone is 2. The van der Waals surface area contributed by atoms with Gasteiger partial charge in [-0.05, 0) is 41.1 Å². The maximum Gasteiger partial charge on any atom is 0.171 e. The molecular weight excluding hydrogens is 339 g/mol. The number of benzene rings is 1. The van der Waals surface area contributed by atoms with Gasteiger partial charge in [0, 0.05) is 17.5 Å². The SMILES string of the molecule is O=C1CCC(Nc2cnc3ccccc3c2)=C1I. The van der Waals surface area contributed by atoms with Crippen molar-refractivity contribution in [3.8, 4) is 0 Å². The third-order valence-corrected chi connectivity index (χ3v) is 4.25.